The molecule has 0 amide bonds. The van der Waals surface area contributed by atoms with Gasteiger partial charge in [-0.05, 0) is 30.2 Å². The fourth-order valence-corrected chi connectivity index (χ4v) is 3.50. The molecule has 0 unspecified atom stereocenters. The summed E-state index contributed by atoms with van der Waals surface area (Å²) in [5.41, 5.74) is 1.11. The van der Waals surface area contributed by atoms with E-state index in [1.54, 1.807) is 22.2 Å². The number of benzene rings is 1. The minimum absolute atomic E-state index is 0.0333. The van der Waals surface area contributed by atoms with Crippen LogP contribution < -0.4 is 5.56 Å². The second-order valence-electron chi connectivity index (χ2n) is 4.59. The maximum Gasteiger partial charge on any atom is 0.262 e. The molecular weight excluding hydrogens is 336 g/mol. The average molecular weight is 349 g/mol. The molecule has 0 aliphatic rings. The van der Waals surface area contributed by atoms with Gasteiger partial charge in [-0.25, -0.2) is 4.98 Å². The summed E-state index contributed by atoms with van der Waals surface area (Å²) in [6.45, 7) is 2.63. The fourth-order valence-electron chi connectivity index (χ4n) is 2.13. The topological polar surface area (TPSA) is 34.9 Å². The van der Waals surface area contributed by atoms with Gasteiger partial charge < -0.3 is 0 Å². The fraction of sp³-hybridized carbons (Fsp3) is 0.200. The third kappa shape index (κ3) is 2.55. The van der Waals surface area contributed by atoms with E-state index in [2.05, 4.69) is 27.8 Å². The standard InChI is InChI=1S/C15H13BrN2OS/c1-2-12-7-13-14(20-12)17-9-18(15(13)19)8-10-4-3-5-11(16)6-10/h3-7,9H,2,8H2,1H3. The molecule has 0 N–H and O–H groups in total. The van der Waals surface area contributed by atoms with Gasteiger partial charge in [0.15, 0.2) is 0 Å². The van der Waals surface area contributed by atoms with Crippen molar-refractivity contribution < 1.29 is 0 Å². The van der Waals surface area contributed by atoms with Crippen molar-refractivity contribution in [3.05, 3.63) is 61.9 Å². The monoisotopic (exact) mass is 348 g/mol. The van der Waals surface area contributed by atoms with Crippen molar-refractivity contribution in [2.24, 2.45) is 0 Å². The molecule has 0 saturated heterocycles. The molecule has 3 nitrogen and oxygen atoms in total. The van der Waals surface area contributed by atoms with Crippen LogP contribution in [0.4, 0.5) is 0 Å². The Hall–Kier alpha value is -1.46. The SMILES string of the molecule is CCc1cc2c(=O)n(Cc3cccc(Br)c3)cnc2s1. The predicted molar refractivity (Wildman–Crippen MR) is 86.5 cm³/mol. The first kappa shape index (κ1) is 13.5. The van der Waals surface area contributed by atoms with Crippen molar-refractivity contribution in [3.8, 4) is 0 Å². The van der Waals surface area contributed by atoms with Gasteiger partial charge >= 0.3 is 0 Å². The summed E-state index contributed by atoms with van der Waals surface area (Å²) in [5.74, 6) is 0. The molecule has 102 valence electrons. The molecule has 0 bridgehead atoms. The van der Waals surface area contributed by atoms with Gasteiger partial charge in [0.1, 0.15) is 4.83 Å². The van der Waals surface area contributed by atoms with E-state index in [9.17, 15) is 4.79 Å². The highest BCUT2D eigenvalue weighted by molar-refractivity contribution is 9.10. The molecule has 0 atom stereocenters. The van der Waals surface area contributed by atoms with Gasteiger partial charge in [-0.3, -0.25) is 9.36 Å². The summed E-state index contributed by atoms with van der Waals surface area (Å²) in [6.07, 6.45) is 2.58. The molecule has 0 radical (unpaired) electrons. The van der Waals surface area contributed by atoms with E-state index in [0.717, 1.165) is 26.7 Å². The smallest absolute Gasteiger partial charge is 0.262 e. The lowest BCUT2D eigenvalue weighted by atomic mass is 10.2. The normalized spacial score (nSPS) is 11.1. The van der Waals surface area contributed by atoms with E-state index in [-0.39, 0.29) is 5.56 Å². The molecule has 0 spiro atoms. The average Bonchev–Trinajstić information content (AvgIpc) is 2.86. The van der Waals surface area contributed by atoms with Crippen molar-refractivity contribution in [3.63, 3.8) is 0 Å². The van der Waals surface area contributed by atoms with Crippen LogP contribution in [0.5, 0.6) is 0 Å². The van der Waals surface area contributed by atoms with Crippen LogP contribution in [0.15, 0.2) is 45.9 Å². The minimum atomic E-state index is 0.0333. The number of fused-ring (bicyclic) bond motifs is 1. The predicted octanol–water partition coefficient (Wildman–Crippen LogP) is 3.83. The molecule has 0 aliphatic carbocycles. The Labute approximate surface area is 129 Å². The van der Waals surface area contributed by atoms with E-state index >= 15 is 0 Å². The minimum Gasteiger partial charge on any atom is -0.294 e. The van der Waals surface area contributed by atoms with Crippen LogP contribution in [-0.4, -0.2) is 9.55 Å². The van der Waals surface area contributed by atoms with E-state index < -0.39 is 0 Å². The van der Waals surface area contributed by atoms with Gasteiger partial charge in [0, 0.05) is 9.35 Å². The zero-order chi connectivity index (χ0) is 14.1. The lowest BCUT2D eigenvalue weighted by Crippen LogP contribution is -2.20. The molecule has 3 rings (SSSR count). The summed E-state index contributed by atoms with van der Waals surface area (Å²) in [4.78, 5) is 18.9. The number of aryl methyl sites for hydroxylation is 1. The van der Waals surface area contributed by atoms with Gasteiger partial charge in [0.05, 0.1) is 18.3 Å². The Morgan fingerprint density at radius 3 is 2.95 bits per heavy atom. The molecule has 20 heavy (non-hydrogen) atoms. The summed E-state index contributed by atoms with van der Waals surface area (Å²) in [6, 6.07) is 9.93. The molecule has 0 fully saturated rings. The third-order valence-corrected chi connectivity index (χ3v) is 4.84. The maximum atomic E-state index is 12.5. The molecular formula is C15H13BrN2OS. The summed E-state index contributed by atoms with van der Waals surface area (Å²) in [5, 5.41) is 0.726. The Bertz CT molecular complexity index is 822. The van der Waals surface area contributed by atoms with Gasteiger partial charge in [-0.15, -0.1) is 11.3 Å². The van der Waals surface area contributed by atoms with E-state index in [1.807, 2.05) is 30.3 Å². The second-order valence-corrected chi connectivity index (χ2v) is 6.62. The first-order chi connectivity index (χ1) is 9.67. The number of rotatable bonds is 3. The Kier molecular flexibility index (Phi) is 3.72. The van der Waals surface area contributed by atoms with Crippen molar-refractivity contribution in [1.29, 1.82) is 0 Å². The van der Waals surface area contributed by atoms with Crippen molar-refractivity contribution >= 4 is 37.5 Å². The van der Waals surface area contributed by atoms with Gasteiger partial charge in [0.25, 0.3) is 5.56 Å². The lowest BCUT2D eigenvalue weighted by molar-refractivity contribution is 0.749. The number of aromatic nitrogens is 2. The van der Waals surface area contributed by atoms with Crippen LogP contribution in [0.2, 0.25) is 0 Å². The van der Waals surface area contributed by atoms with Gasteiger partial charge in [-0.2, -0.15) is 0 Å². The number of hydrogen-bond acceptors (Lipinski definition) is 3. The molecule has 5 heteroatoms. The van der Waals surface area contributed by atoms with Gasteiger partial charge in [0.2, 0.25) is 0 Å². The van der Waals surface area contributed by atoms with Crippen LogP contribution in [0, 0.1) is 0 Å². The number of hydrogen-bond donors (Lipinski definition) is 0. The number of thiophene rings is 1. The van der Waals surface area contributed by atoms with Crippen LogP contribution in [0.25, 0.3) is 10.2 Å². The van der Waals surface area contributed by atoms with E-state index in [1.165, 1.54) is 4.88 Å². The highest BCUT2D eigenvalue weighted by Crippen LogP contribution is 2.21. The third-order valence-electron chi connectivity index (χ3n) is 3.16. The first-order valence-electron chi connectivity index (χ1n) is 6.39. The molecule has 0 saturated carbocycles. The van der Waals surface area contributed by atoms with E-state index in [4.69, 9.17) is 0 Å². The molecule has 0 aliphatic heterocycles. The number of halogens is 1. The van der Waals surface area contributed by atoms with Crippen molar-refractivity contribution in [2.75, 3.05) is 0 Å². The lowest BCUT2D eigenvalue weighted by Gasteiger charge is -2.05. The Morgan fingerprint density at radius 1 is 1.35 bits per heavy atom. The number of nitrogens with zero attached hydrogens (tertiary/aromatic N) is 2. The largest absolute Gasteiger partial charge is 0.294 e. The summed E-state index contributed by atoms with van der Waals surface area (Å²) >= 11 is 5.04. The summed E-state index contributed by atoms with van der Waals surface area (Å²) < 4.78 is 2.68. The quantitative estimate of drug-likeness (QED) is 0.720. The highest BCUT2D eigenvalue weighted by atomic mass is 79.9. The molecule has 2 heterocycles. The summed E-state index contributed by atoms with van der Waals surface area (Å²) in [7, 11) is 0. The van der Waals surface area contributed by atoms with Crippen LogP contribution in [0.1, 0.15) is 17.4 Å². The van der Waals surface area contributed by atoms with E-state index in [0.29, 0.717) is 6.54 Å². The van der Waals surface area contributed by atoms with Gasteiger partial charge in [-0.1, -0.05) is 35.0 Å². The van der Waals surface area contributed by atoms with Crippen LogP contribution >= 0.6 is 27.3 Å². The van der Waals surface area contributed by atoms with Crippen molar-refractivity contribution in [1.82, 2.24) is 9.55 Å². The Morgan fingerprint density at radius 2 is 2.20 bits per heavy atom. The van der Waals surface area contributed by atoms with Crippen molar-refractivity contribution in [2.45, 2.75) is 19.9 Å². The van der Waals surface area contributed by atoms with Crippen LogP contribution in [0.3, 0.4) is 0 Å². The zero-order valence-corrected chi connectivity index (χ0v) is 13.4. The molecule has 3 aromatic rings. The van der Waals surface area contributed by atoms with Crippen LogP contribution in [-0.2, 0) is 13.0 Å². The molecule has 2 aromatic heterocycles. The maximum absolute atomic E-state index is 12.5. The first-order valence-corrected chi connectivity index (χ1v) is 8.00. The zero-order valence-electron chi connectivity index (χ0n) is 11.0. The molecule has 1 aromatic carbocycles. The Balaban J connectivity index is 2.04. The highest BCUT2D eigenvalue weighted by Gasteiger charge is 2.08. The second kappa shape index (κ2) is 5.50.